The number of nitrogens with one attached hydrogen (secondary N) is 1. The molecule has 0 spiro atoms. The van der Waals surface area contributed by atoms with Crippen molar-refractivity contribution in [1.29, 1.82) is 0 Å². The van der Waals surface area contributed by atoms with Gasteiger partial charge >= 0.3 is 0 Å². The van der Waals surface area contributed by atoms with E-state index in [1.54, 1.807) is 56.5 Å². The van der Waals surface area contributed by atoms with Gasteiger partial charge in [0.05, 0.1) is 23.7 Å². The smallest absolute Gasteiger partial charge is 0.266 e. The maximum atomic E-state index is 13.2. The normalized spacial score (nSPS) is 10.7. The number of benzene rings is 3. The molecule has 1 N–H and O–H groups in total. The van der Waals surface area contributed by atoms with Crippen LogP contribution in [0.25, 0.3) is 16.6 Å². The molecule has 1 heterocycles. The van der Waals surface area contributed by atoms with Gasteiger partial charge in [0.1, 0.15) is 23.1 Å². The summed E-state index contributed by atoms with van der Waals surface area (Å²) < 4.78 is 25.0. The Morgan fingerprint density at radius 2 is 1.72 bits per heavy atom. The van der Waals surface area contributed by atoms with E-state index in [1.165, 1.54) is 28.8 Å². The molecule has 3 aromatic carbocycles. The molecule has 0 aliphatic carbocycles. The van der Waals surface area contributed by atoms with E-state index in [4.69, 9.17) is 9.47 Å². The summed E-state index contributed by atoms with van der Waals surface area (Å²) in [7, 11) is 1.57. The van der Waals surface area contributed by atoms with Gasteiger partial charge < -0.3 is 14.8 Å². The van der Waals surface area contributed by atoms with Crippen molar-refractivity contribution in [1.82, 2.24) is 9.55 Å². The van der Waals surface area contributed by atoms with Gasteiger partial charge in [0.15, 0.2) is 6.61 Å². The Bertz CT molecular complexity index is 1330. The monoisotopic (exact) mass is 433 g/mol. The van der Waals surface area contributed by atoms with E-state index in [2.05, 4.69) is 10.3 Å². The first kappa shape index (κ1) is 21.0. The molecule has 4 rings (SSSR count). The van der Waals surface area contributed by atoms with Gasteiger partial charge in [-0.05, 0) is 73.7 Å². The minimum absolute atomic E-state index is 0.253. The van der Waals surface area contributed by atoms with Crippen LogP contribution in [0.3, 0.4) is 0 Å². The lowest BCUT2D eigenvalue weighted by atomic mass is 10.2. The van der Waals surface area contributed by atoms with Crippen molar-refractivity contribution in [2.75, 3.05) is 19.0 Å². The number of nitrogens with zero attached hydrogens (tertiary/aromatic N) is 2. The van der Waals surface area contributed by atoms with Crippen LogP contribution in [0.5, 0.6) is 11.5 Å². The number of anilines is 1. The highest BCUT2D eigenvalue weighted by molar-refractivity contribution is 5.94. The van der Waals surface area contributed by atoms with Crippen LogP contribution in [-0.4, -0.2) is 29.2 Å². The molecular weight excluding hydrogens is 413 g/mol. The second-order valence-electron chi connectivity index (χ2n) is 7.02. The lowest BCUT2D eigenvalue weighted by Crippen LogP contribution is -2.23. The Morgan fingerprint density at radius 1 is 1.03 bits per heavy atom. The number of fused-ring (bicyclic) bond motifs is 1. The topological polar surface area (TPSA) is 82.4 Å². The van der Waals surface area contributed by atoms with Gasteiger partial charge in [0.2, 0.25) is 0 Å². The molecule has 0 aliphatic heterocycles. The molecule has 0 atom stereocenters. The van der Waals surface area contributed by atoms with Crippen LogP contribution in [0.2, 0.25) is 0 Å². The minimum Gasteiger partial charge on any atom is -0.497 e. The summed E-state index contributed by atoms with van der Waals surface area (Å²) in [5, 5.41) is 3.07. The predicted octanol–water partition coefficient (Wildman–Crippen LogP) is 3.86. The lowest BCUT2D eigenvalue weighted by molar-refractivity contribution is -0.118. The van der Waals surface area contributed by atoms with Gasteiger partial charge in [0.25, 0.3) is 11.5 Å². The molecule has 162 valence electrons. The van der Waals surface area contributed by atoms with E-state index in [1.807, 2.05) is 0 Å². The second-order valence-corrected chi connectivity index (χ2v) is 7.02. The SMILES string of the molecule is COc1ccc(-n2c(C)nc3ccc(NC(=O)COc4ccc(F)cc4)cc3c2=O)cc1. The summed E-state index contributed by atoms with van der Waals surface area (Å²) in [6.45, 7) is 1.50. The molecule has 0 saturated heterocycles. The van der Waals surface area contributed by atoms with Crippen molar-refractivity contribution in [2.24, 2.45) is 0 Å². The fourth-order valence-corrected chi connectivity index (χ4v) is 3.29. The van der Waals surface area contributed by atoms with Gasteiger partial charge in [-0.3, -0.25) is 14.2 Å². The summed E-state index contributed by atoms with van der Waals surface area (Å²) in [5.74, 6) is 0.798. The Balaban J connectivity index is 1.57. The van der Waals surface area contributed by atoms with Gasteiger partial charge in [-0.1, -0.05) is 0 Å². The number of methoxy groups -OCH3 is 1. The fourth-order valence-electron chi connectivity index (χ4n) is 3.29. The molecule has 7 nitrogen and oxygen atoms in total. The quantitative estimate of drug-likeness (QED) is 0.499. The first-order valence-corrected chi connectivity index (χ1v) is 9.80. The standard InChI is InChI=1S/C24H20FN3O4/c1-15-26-22-12-5-17(27-23(29)14-32-20-8-3-16(25)4-9-20)13-21(22)24(30)28(15)18-6-10-19(31-2)11-7-18/h3-13H,14H2,1-2H3,(H,27,29). The second kappa shape index (κ2) is 8.89. The number of aromatic nitrogens is 2. The number of hydrogen-bond donors (Lipinski definition) is 1. The van der Waals surface area contributed by atoms with Crippen molar-refractivity contribution in [3.8, 4) is 17.2 Å². The van der Waals surface area contributed by atoms with Crippen LogP contribution in [-0.2, 0) is 4.79 Å². The molecule has 0 bridgehead atoms. The maximum Gasteiger partial charge on any atom is 0.266 e. The maximum absolute atomic E-state index is 13.2. The van der Waals surface area contributed by atoms with Crippen LogP contribution in [0.4, 0.5) is 10.1 Å². The molecule has 0 unspecified atom stereocenters. The van der Waals surface area contributed by atoms with Gasteiger partial charge in [0, 0.05) is 5.69 Å². The number of halogens is 1. The van der Waals surface area contributed by atoms with E-state index in [0.29, 0.717) is 39.6 Å². The molecule has 0 aliphatic rings. The number of hydrogen-bond acceptors (Lipinski definition) is 5. The first-order chi connectivity index (χ1) is 15.4. The molecule has 1 aromatic heterocycles. The third-order valence-electron chi connectivity index (χ3n) is 4.83. The summed E-state index contributed by atoms with van der Waals surface area (Å²) >= 11 is 0. The molecule has 4 aromatic rings. The number of aryl methyl sites for hydroxylation is 1. The van der Waals surface area contributed by atoms with Crippen LogP contribution in [0.1, 0.15) is 5.82 Å². The zero-order valence-electron chi connectivity index (χ0n) is 17.5. The Hall–Kier alpha value is -4.20. The van der Waals surface area contributed by atoms with E-state index >= 15 is 0 Å². The third-order valence-corrected chi connectivity index (χ3v) is 4.83. The van der Waals surface area contributed by atoms with Crippen LogP contribution >= 0.6 is 0 Å². The number of carbonyl (C=O) groups excluding carboxylic acids is 1. The van der Waals surface area contributed by atoms with Gasteiger partial charge in [-0.2, -0.15) is 0 Å². The van der Waals surface area contributed by atoms with Crippen LogP contribution in [0.15, 0.2) is 71.5 Å². The van der Waals surface area contributed by atoms with Crippen molar-refractivity contribution in [2.45, 2.75) is 6.92 Å². The zero-order valence-corrected chi connectivity index (χ0v) is 17.5. The molecule has 32 heavy (non-hydrogen) atoms. The number of carbonyl (C=O) groups is 1. The molecule has 0 radical (unpaired) electrons. The Labute approximate surface area is 183 Å². The van der Waals surface area contributed by atoms with Crippen molar-refractivity contribution >= 4 is 22.5 Å². The minimum atomic E-state index is -0.413. The Morgan fingerprint density at radius 3 is 2.41 bits per heavy atom. The summed E-state index contributed by atoms with van der Waals surface area (Å²) in [6.07, 6.45) is 0. The van der Waals surface area contributed by atoms with Crippen molar-refractivity contribution < 1.29 is 18.7 Å². The lowest BCUT2D eigenvalue weighted by Gasteiger charge is -2.12. The predicted molar refractivity (Wildman–Crippen MR) is 119 cm³/mol. The van der Waals surface area contributed by atoms with Gasteiger partial charge in [-0.15, -0.1) is 0 Å². The first-order valence-electron chi connectivity index (χ1n) is 9.80. The summed E-state index contributed by atoms with van der Waals surface area (Å²) in [5.41, 5.74) is 1.37. The average Bonchev–Trinajstić information content (AvgIpc) is 2.79. The average molecular weight is 433 g/mol. The molecule has 8 heteroatoms. The van der Waals surface area contributed by atoms with Crippen molar-refractivity contribution in [3.63, 3.8) is 0 Å². The number of ether oxygens (including phenoxy) is 2. The highest BCUT2D eigenvalue weighted by Gasteiger charge is 2.12. The molecule has 0 saturated carbocycles. The fraction of sp³-hybridized carbons (Fsp3) is 0.125. The third kappa shape index (κ3) is 4.44. The molecule has 1 amide bonds. The Kier molecular flexibility index (Phi) is 5.85. The summed E-state index contributed by atoms with van der Waals surface area (Å²) in [6, 6.07) is 17.4. The van der Waals surface area contributed by atoms with Crippen LogP contribution in [0, 0.1) is 12.7 Å². The van der Waals surface area contributed by atoms with E-state index in [-0.39, 0.29) is 18.0 Å². The zero-order chi connectivity index (χ0) is 22.7. The van der Waals surface area contributed by atoms with Gasteiger partial charge in [-0.25, -0.2) is 9.37 Å². The van der Waals surface area contributed by atoms with E-state index in [9.17, 15) is 14.0 Å². The van der Waals surface area contributed by atoms with Crippen molar-refractivity contribution in [3.05, 3.63) is 88.7 Å². The number of amides is 1. The van der Waals surface area contributed by atoms with E-state index < -0.39 is 5.91 Å². The number of rotatable bonds is 6. The summed E-state index contributed by atoms with van der Waals surface area (Å²) in [4.78, 5) is 30.0. The largest absolute Gasteiger partial charge is 0.497 e. The molecule has 0 fully saturated rings. The molecular formula is C24H20FN3O4. The van der Waals surface area contributed by atoms with E-state index in [0.717, 1.165) is 0 Å². The highest BCUT2D eigenvalue weighted by atomic mass is 19.1. The highest BCUT2D eigenvalue weighted by Crippen LogP contribution is 2.19. The van der Waals surface area contributed by atoms with Crippen LogP contribution < -0.4 is 20.3 Å².